The van der Waals surface area contributed by atoms with Gasteiger partial charge in [0.2, 0.25) is 11.7 Å². The molecular formula is C23H21ClN2O6. The molecule has 32 heavy (non-hydrogen) atoms. The average molecular weight is 457 g/mol. The molecule has 0 aliphatic rings. The molecule has 0 aliphatic carbocycles. The van der Waals surface area contributed by atoms with E-state index in [-0.39, 0.29) is 24.7 Å². The van der Waals surface area contributed by atoms with Gasteiger partial charge in [-0.1, -0.05) is 23.7 Å². The van der Waals surface area contributed by atoms with Crippen LogP contribution in [-0.2, 0) is 22.6 Å². The molecule has 9 heteroatoms. The second-order valence-corrected chi connectivity index (χ2v) is 6.99. The highest BCUT2D eigenvalue weighted by Gasteiger charge is 2.12. The van der Waals surface area contributed by atoms with Crippen LogP contribution in [0.4, 0.5) is 0 Å². The van der Waals surface area contributed by atoms with Gasteiger partial charge in [0.1, 0.15) is 12.4 Å². The zero-order valence-corrected chi connectivity index (χ0v) is 18.2. The van der Waals surface area contributed by atoms with E-state index >= 15 is 0 Å². The first-order valence-corrected chi connectivity index (χ1v) is 9.90. The molecule has 1 aromatic heterocycles. The van der Waals surface area contributed by atoms with E-state index in [4.69, 9.17) is 25.5 Å². The number of carbonyl (C=O) groups is 2. The number of amides is 1. The number of benzene rings is 2. The summed E-state index contributed by atoms with van der Waals surface area (Å²) in [5.41, 5.74) is 4.02. The molecule has 3 rings (SSSR count). The van der Waals surface area contributed by atoms with Gasteiger partial charge >= 0.3 is 5.97 Å². The summed E-state index contributed by atoms with van der Waals surface area (Å²) in [6.07, 6.45) is 1.69. The van der Waals surface area contributed by atoms with Crippen molar-refractivity contribution in [3.05, 3.63) is 82.3 Å². The molecular weight excluding hydrogens is 436 g/mol. The van der Waals surface area contributed by atoms with Gasteiger partial charge in [-0.15, -0.1) is 0 Å². The fourth-order valence-corrected chi connectivity index (χ4v) is 2.83. The zero-order valence-electron chi connectivity index (χ0n) is 17.5. The van der Waals surface area contributed by atoms with Crippen molar-refractivity contribution in [1.82, 2.24) is 5.43 Å². The number of esters is 1. The lowest BCUT2D eigenvalue weighted by atomic mass is 10.1. The van der Waals surface area contributed by atoms with E-state index in [0.29, 0.717) is 27.8 Å². The number of nitrogens with one attached hydrogen (secondary N) is 1. The summed E-state index contributed by atoms with van der Waals surface area (Å²) >= 11 is 5.84. The second kappa shape index (κ2) is 11.0. The zero-order chi connectivity index (χ0) is 22.9. The number of rotatable bonds is 9. The van der Waals surface area contributed by atoms with Gasteiger partial charge in [0.15, 0.2) is 11.5 Å². The molecule has 1 amide bonds. The van der Waals surface area contributed by atoms with Crippen LogP contribution in [0.1, 0.15) is 27.4 Å². The van der Waals surface area contributed by atoms with Gasteiger partial charge in [0, 0.05) is 5.02 Å². The maximum absolute atomic E-state index is 12.0. The maximum Gasteiger partial charge on any atom is 0.373 e. The molecule has 0 spiro atoms. The molecule has 0 radical (unpaired) electrons. The lowest BCUT2D eigenvalue weighted by Crippen LogP contribution is -2.19. The van der Waals surface area contributed by atoms with Crippen LogP contribution >= 0.6 is 11.6 Å². The van der Waals surface area contributed by atoms with E-state index in [1.54, 1.807) is 48.5 Å². The molecule has 0 aliphatic heterocycles. The van der Waals surface area contributed by atoms with E-state index in [1.807, 2.05) is 0 Å². The Balaban J connectivity index is 1.55. The van der Waals surface area contributed by atoms with E-state index in [2.05, 4.69) is 15.3 Å². The topological polar surface area (TPSA) is 99.4 Å². The standard InChI is InChI=1S/C23H21ClN2O6/c1-29-21-11-16(13-25-26-22(27)12-15-3-6-17(24)7-4-15)5-9-19(21)31-14-18-8-10-20(32-18)23(28)30-2/h3-11,13H,12,14H2,1-2H3,(H,26,27)/b25-13-. The van der Waals surface area contributed by atoms with Crippen molar-refractivity contribution in [2.45, 2.75) is 13.0 Å². The van der Waals surface area contributed by atoms with Crippen LogP contribution in [0.5, 0.6) is 11.5 Å². The minimum Gasteiger partial charge on any atom is -0.493 e. The van der Waals surface area contributed by atoms with Crippen molar-refractivity contribution in [3.63, 3.8) is 0 Å². The Bertz CT molecular complexity index is 1110. The van der Waals surface area contributed by atoms with Crippen LogP contribution in [0.25, 0.3) is 0 Å². The van der Waals surface area contributed by atoms with Crippen LogP contribution < -0.4 is 14.9 Å². The number of carbonyl (C=O) groups excluding carboxylic acids is 2. The van der Waals surface area contributed by atoms with Crippen molar-refractivity contribution >= 4 is 29.7 Å². The molecule has 0 saturated carbocycles. The number of methoxy groups -OCH3 is 2. The molecule has 0 atom stereocenters. The third-order valence-corrected chi connectivity index (χ3v) is 4.54. The molecule has 0 saturated heterocycles. The monoisotopic (exact) mass is 456 g/mol. The van der Waals surface area contributed by atoms with Gasteiger partial charge in [-0.25, -0.2) is 10.2 Å². The van der Waals surface area contributed by atoms with Crippen LogP contribution in [0.15, 0.2) is 64.1 Å². The molecule has 2 aromatic carbocycles. The number of halogens is 1. The normalized spacial score (nSPS) is 10.7. The van der Waals surface area contributed by atoms with Gasteiger partial charge in [-0.3, -0.25) is 4.79 Å². The van der Waals surface area contributed by atoms with Crippen LogP contribution in [0, 0.1) is 0 Å². The smallest absolute Gasteiger partial charge is 0.373 e. The average Bonchev–Trinajstić information content (AvgIpc) is 3.28. The Morgan fingerprint density at radius 1 is 1.06 bits per heavy atom. The predicted octanol–water partition coefficient (Wildman–Crippen LogP) is 4.00. The number of nitrogens with zero attached hydrogens (tertiary/aromatic N) is 1. The van der Waals surface area contributed by atoms with E-state index < -0.39 is 5.97 Å². The van der Waals surface area contributed by atoms with Crippen LogP contribution in [0.3, 0.4) is 0 Å². The van der Waals surface area contributed by atoms with E-state index in [9.17, 15) is 9.59 Å². The van der Waals surface area contributed by atoms with Gasteiger partial charge in [-0.05, 0) is 53.6 Å². The summed E-state index contributed by atoms with van der Waals surface area (Å²) in [7, 11) is 2.79. The molecule has 1 N–H and O–H groups in total. The fourth-order valence-electron chi connectivity index (χ4n) is 2.70. The summed E-state index contributed by atoms with van der Waals surface area (Å²) in [5.74, 6) is 0.704. The van der Waals surface area contributed by atoms with Crippen molar-refractivity contribution in [2.75, 3.05) is 14.2 Å². The minimum atomic E-state index is -0.558. The lowest BCUT2D eigenvalue weighted by molar-refractivity contribution is -0.120. The summed E-state index contributed by atoms with van der Waals surface area (Å²) in [6.45, 7) is 0.0988. The summed E-state index contributed by atoms with van der Waals surface area (Å²) in [5, 5.41) is 4.59. The second-order valence-electron chi connectivity index (χ2n) is 6.55. The minimum absolute atomic E-state index is 0.0988. The molecule has 8 nitrogen and oxygen atoms in total. The van der Waals surface area contributed by atoms with Crippen LogP contribution in [-0.4, -0.2) is 32.3 Å². The SMILES string of the molecule is COC(=O)c1ccc(COc2ccc(/C=N\NC(=O)Cc3ccc(Cl)cc3)cc2OC)o1. The van der Waals surface area contributed by atoms with Crippen molar-refractivity contribution in [2.24, 2.45) is 5.10 Å². The van der Waals surface area contributed by atoms with E-state index in [0.717, 1.165) is 5.56 Å². The summed E-state index contributed by atoms with van der Waals surface area (Å²) in [6, 6.07) is 15.4. The van der Waals surface area contributed by atoms with Crippen molar-refractivity contribution in [1.29, 1.82) is 0 Å². The number of hydrazone groups is 1. The molecule has 0 unspecified atom stereocenters. The third-order valence-electron chi connectivity index (χ3n) is 4.29. The first-order valence-electron chi connectivity index (χ1n) is 9.52. The Hall–Kier alpha value is -3.78. The molecule has 166 valence electrons. The van der Waals surface area contributed by atoms with Gasteiger partial charge in [0.25, 0.3) is 0 Å². The van der Waals surface area contributed by atoms with Crippen molar-refractivity contribution < 1.29 is 28.2 Å². The van der Waals surface area contributed by atoms with Crippen LogP contribution in [0.2, 0.25) is 5.02 Å². The highest BCUT2D eigenvalue weighted by Crippen LogP contribution is 2.28. The lowest BCUT2D eigenvalue weighted by Gasteiger charge is -2.10. The Morgan fingerprint density at radius 2 is 1.84 bits per heavy atom. The molecule has 0 fully saturated rings. The third kappa shape index (κ3) is 6.36. The summed E-state index contributed by atoms with van der Waals surface area (Å²) in [4.78, 5) is 23.5. The number of furan rings is 1. The highest BCUT2D eigenvalue weighted by atomic mass is 35.5. The molecule has 1 heterocycles. The van der Waals surface area contributed by atoms with Gasteiger partial charge < -0.3 is 18.6 Å². The largest absolute Gasteiger partial charge is 0.493 e. The van der Waals surface area contributed by atoms with Gasteiger partial charge in [-0.2, -0.15) is 5.10 Å². The summed E-state index contributed by atoms with van der Waals surface area (Å²) < 4.78 is 21.1. The quantitative estimate of drug-likeness (QED) is 0.297. The molecule has 0 bridgehead atoms. The first-order chi connectivity index (χ1) is 15.5. The highest BCUT2D eigenvalue weighted by molar-refractivity contribution is 6.30. The first kappa shape index (κ1) is 22.9. The molecule has 3 aromatic rings. The van der Waals surface area contributed by atoms with Crippen molar-refractivity contribution in [3.8, 4) is 11.5 Å². The number of hydrogen-bond donors (Lipinski definition) is 1. The Morgan fingerprint density at radius 3 is 2.56 bits per heavy atom. The number of ether oxygens (including phenoxy) is 3. The Labute approximate surface area is 189 Å². The number of hydrogen-bond acceptors (Lipinski definition) is 7. The Kier molecular flexibility index (Phi) is 7.88. The maximum atomic E-state index is 12.0. The predicted molar refractivity (Wildman–Crippen MR) is 118 cm³/mol. The fraction of sp³-hybridized carbons (Fsp3) is 0.174. The van der Waals surface area contributed by atoms with E-state index in [1.165, 1.54) is 26.5 Å². The van der Waals surface area contributed by atoms with Gasteiger partial charge in [0.05, 0.1) is 26.9 Å².